The van der Waals surface area contributed by atoms with E-state index >= 15 is 4.39 Å². The minimum atomic E-state index is -4.23. The average molecular weight is 712 g/mol. The normalized spacial score (nSPS) is 35.8. The third kappa shape index (κ3) is 6.16. The van der Waals surface area contributed by atoms with Crippen molar-refractivity contribution in [3.8, 4) is 0 Å². The zero-order chi connectivity index (χ0) is 32.3. The van der Waals surface area contributed by atoms with Gasteiger partial charge in [0.2, 0.25) is 11.7 Å². The van der Waals surface area contributed by atoms with Gasteiger partial charge in [-0.1, -0.05) is 0 Å². The van der Waals surface area contributed by atoms with Crippen molar-refractivity contribution in [1.82, 2.24) is 34.9 Å². The molecule has 25 heteroatoms. The van der Waals surface area contributed by atoms with Crippen molar-refractivity contribution in [3.63, 3.8) is 0 Å². The summed E-state index contributed by atoms with van der Waals surface area (Å²) in [5, 5.41) is 1.25. The molecule has 0 aliphatic carbocycles. The molecule has 2 bridgehead atoms. The number of aromatic amines is 1. The van der Waals surface area contributed by atoms with Gasteiger partial charge in [0.15, 0.2) is 29.6 Å². The number of imidazole rings is 1. The molecule has 0 spiro atoms. The molecule has 3 saturated heterocycles. The van der Waals surface area contributed by atoms with Crippen LogP contribution in [0.3, 0.4) is 0 Å². The van der Waals surface area contributed by atoms with E-state index in [2.05, 4.69) is 30.3 Å². The van der Waals surface area contributed by atoms with Gasteiger partial charge in [0.25, 0.3) is 5.56 Å². The highest BCUT2D eigenvalue weighted by Gasteiger charge is 2.57. The van der Waals surface area contributed by atoms with Gasteiger partial charge >= 0.3 is 13.4 Å². The van der Waals surface area contributed by atoms with Crippen molar-refractivity contribution < 1.29 is 41.7 Å². The zero-order valence-corrected chi connectivity index (χ0v) is 26.5. The Hall–Kier alpha value is -2.50. The van der Waals surface area contributed by atoms with Crippen LogP contribution in [-0.4, -0.2) is 96.8 Å². The van der Waals surface area contributed by atoms with Crippen molar-refractivity contribution in [2.75, 3.05) is 49.1 Å². The van der Waals surface area contributed by atoms with Crippen molar-refractivity contribution in [1.29, 1.82) is 0 Å². The monoisotopic (exact) mass is 711 g/mol. The fourth-order valence-corrected chi connectivity index (χ4v) is 8.09. The predicted molar refractivity (Wildman–Crippen MR) is 162 cm³/mol. The first-order valence-electron chi connectivity index (χ1n) is 13.0. The van der Waals surface area contributed by atoms with Crippen LogP contribution < -0.4 is 33.2 Å². The van der Waals surface area contributed by atoms with Gasteiger partial charge in [-0.05, 0) is 23.6 Å². The van der Waals surface area contributed by atoms with Gasteiger partial charge in [-0.2, -0.15) is 4.98 Å². The molecule has 6 heterocycles. The number of hydrogen-bond acceptors (Lipinski definition) is 18. The Kier molecular flexibility index (Phi) is 8.61. The summed E-state index contributed by atoms with van der Waals surface area (Å²) in [6.45, 7) is -9.90. The van der Waals surface area contributed by atoms with E-state index in [1.807, 2.05) is 0 Å². The summed E-state index contributed by atoms with van der Waals surface area (Å²) >= 11 is 10.5. The highest BCUT2D eigenvalue weighted by molar-refractivity contribution is 8.07. The molecular formula is C20H28FN11O9P2S2. The number of rotatable bonds is 4. The Morgan fingerprint density at radius 2 is 1.89 bits per heavy atom. The summed E-state index contributed by atoms with van der Waals surface area (Å²) in [5.41, 5.74) is 19.5. The first kappa shape index (κ1) is 32.4. The first-order valence-corrected chi connectivity index (χ1v) is 18.2. The van der Waals surface area contributed by atoms with Crippen LogP contribution in [0.4, 0.5) is 27.7 Å². The van der Waals surface area contributed by atoms with E-state index in [4.69, 9.17) is 68.4 Å². The number of nitrogens with zero attached hydrogens (tertiary/aromatic N) is 6. The summed E-state index contributed by atoms with van der Waals surface area (Å²) in [7, 11) is 1.48. The number of nitrogens with two attached hydrogens (primary N) is 3. The molecule has 6 rings (SSSR count). The minimum Gasteiger partial charge on any atom is -0.391 e. The van der Waals surface area contributed by atoms with E-state index in [-0.39, 0.29) is 47.5 Å². The van der Waals surface area contributed by atoms with E-state index < -0.39 is 68.6 Å². The maximum absolute atomic E-state index is 16.9. The van der Waals surface area contributed by atoms with E-state index in [1.165, 1.54) is 12.1 Å². The fraction of sp³-hybridized carbons (Fsp3) is 0.550. The molecule has 2 unspecified atom stereocenters. The molecule has 246 valence electrons. The third-order valence-electron chi connectivity index (χ3n) is 7.20. The number of H-pyrrole nitrogens is 1. The number of hydrogen-bond donors (Lipinski definition) is 7. The Labute approximate surface area is 262 Å². The van der Waals surface area contributed by atoms with E-state index in [9.17, 15) is 14.6 Å². The predicted octanol–water partition coefficient (Wildman–Crippen LogP) is -1.32. The average Bonchev–Trinajstić information content (AvgIpc) is 3.66. The van der Waals surface area contributed by atoms with Crippen molar-refractivity contribution >= 4 is 71.5 Å². The molecule has 8 atom stereocenters. The van der Waals surface area contributed by atoms with Gasteiger partial charge in [0, 0.05) is 13.5 Å². The molecule has 20 nitrogen and oxygen atoms in total. The van der Waals surface area contributed by atoms with Gasteiger partial charge < -0.3 is 50.0 Å². The summed E-state index contributed by atoms with van der Waals surface area (Å²) < 4.78 is 52.5. The van der Waals surface area contributed by atoms with Crippen molar-refractivity contribution in [2.45, 2.75) is 42.9 Å². The number of alkyl halides is 1. The van der Waals surface area contributed by atoms with Crippen molar-refractivity contribution in [3.05, 3.63) is 23.0 Å². The lowest BCUT2D eigenvalue weighted by Gasteiger charge is -2.34. The first-order chi connectivity index (χ1) is 21.2. The SMILES string of the molecule is CNN(c1nc(N)[nH]c(=O)c1N)[C@@H]1O[C@@H]2COP(O)(=S)O[C@@H]3[C@@H](COP(O)(=S)O[C@@H]1C2)OC[C@@]3(F)n1cnc2c(N)ncnc21. The molecule has 0 aromatic carbocycles. The molecule has 0 radical (unpaired) electrons. The van der Waals surface area contributed by atoms with Gasteiger partial charge in [0.1, 0.15) is 36.3 Å². The molecule has 3 fully saturated rings. The Bertz CT molecular complexity index is 1770. The van der Waals surface area contributed by atoms with Crippen LogP contribution in [0.5, 0.6) is 0 Å². The van der Waals surface area contributed by atoms with Crippen LogP contribution in [0.15, 0.2) is 17.4 Å². The lowest BCUT2D eigenvalue weighted by Crippen LogP contribution is -2.50. The standard InChI is InChI=1S/C20H28FN11O9P2S2/c1-25-32(15-11(22)17(33)30-19(24)29-15)18-9-2-8(39-18)3-37-43(35,45)41-13-10(4-38-42(34,44)40-9)36-5-20(13,21)31-7-28-12-14(23)26-6-27-16(12)31/h6-10,13,18,25H,2-5,22H2,1H3,(H,34,44)(H,35,45)(H2,23,26,27)(H3,24,29,30,33)/t8-,9+,10+,13+,18+,20+,42?,43?/m0/s1. The van der Waals surface area contributed by atoms with Crippen LogP contribution in [0.1, 0.15) is 6.42 Å². The number of anilines is 4. The molecule has 0 amide bonds. The summed E-state index contributed by atoms with van der Waals surface area (Å²) in [5.74, 6) is -2.89. The van der Waals surface area contributed by atoms with Crippen LogP contribution in [-0.2, 0) is 57.0 Å². The third-order valence-corrected chi connectivity index (χ3v) is 10.3. The lowest BCUT2D eigenvalue weighted by molar-refractivity contribution is -0.0495. The van der Waals surface area contributed by atoms with Gasteiger partial charge in [-0.15, -0.1) is 0 Å². The molecule has 0 saturated carbocycles. The molecule has 3 aromatic rings. The fourth-order valence-electron chi connectivity index (χ4n) is 5.18. The maximum Gasteiger partial charge on any atom is 0.325 e. The van der Waals surface area contributed by atoms with Crippen LogP contribution in [0.25, 0.3) is 11.2 Å². The van der Waals surface area contributed by atoms with Crippen LogP contribution >= 0.6 is 13.4 Å². The Balaban J connectivity index is 1.31. The van der Waals surface area contributed by atoms with Crippen LogP contribution in [0, 0.1) is 0 Å². The second-order valence-corrected chi connectivity index (χ2v) is 15.7. The molecule has 3 aromatic heterocycles. The topological polar surface area (TPSA) is 279 Å². The van der Waals surface area contributed by atoms with E-state index in [1.54, 1.807) is 0 Å². The summed E-state index contributed by atoms with van der Waals surface area (Å²) in [4.78, 5) is 52.8. The Morgan fingerprint density at radius 1 is 1.16 bits per heavy atom. The highest BCUT2D eigenvalue weighted by Crippen LogP contribution is 2.54. The van der Waals surface area contributed by atoms with E-state index in [0.29, 0.717) is 0 Å². The van der Waals surface area contributed by atoms with Gasteiger partial charge in [-0.3, -0.25) is 23.9 Å². The summed E-state index contributed by atoms with van der Waals surface area (Å²) in [6, 6.07) is 0. The van der Waals surface area contributed by atoms with Crippen LogP contribution in [0.2, 0.25) is 0 Å². The number of hydrazine groups is 1. The lowest BCUT2D eigenvalue weighted by atomic mass is 10.1. The van der Waals surface area contributed by atoms with Gasteiger partial charge in [0.05, 0.1) is 25.6 Å². The van der Waals surface area contributed by atoms with Gasteiger partial charge in [-0.25, -0.2) is 24.8 Å². The number of nitrogen functional groups attached to an aromatic ring is 3. The van der Waals surface area contributed by atoms with E-state index in [0.717, 1.165) is 17.2 Å². The zero-order valence-electron chi connectivity index (χ0n) is 23.1. The molecule has 3 aliphatic heterocycles. The largest absolute Gasteiger partial charge is 0.391 e. The number of nitrogens with one attached hydrogen (secondary N) is 2. The maximum atomic E-state index is 16.9. The second kappa shape index (κ2) is 11.9. The molecule has 45 heavy (non-hydrogen) atoms. The summed E-state index contributed by atoms with van der Waals surface area (Å²) in [6.07, 6.45) is -3.74. The molecule has 3 aliphatic rings. The smallest absolute Gasteiger partial charge is 0.325 e. The molecule has 10 N–H and O–H groups in total. The number of ether oxygens (including phenoxy) is 2. The number of halogens is 1. The Morgan fingerprint density at radius 3 is 2.64 bits per heavy atom. The quantitative estimate of drug-likeness (QED) is 0.122. The minimum absolute atomic E-state index is 0.0110. The number of aromatic nitrogens is 6. The van der Waals surface area contributed by atoms with Crippen molar-refractivity contribution in [2.24, 2.45) is 0 Å². The number of fused-ring (bicyclic) bond motifs is 4. The molecular weight excluding hydrogens is 683 g/mol. The second-order valence-electron chi connectivity index (χ2n) is 10.1. The highest BCUT2D eigenvalue weighted by atomic mass is 32.5.